The number of morpholine rings is 1. The van der Waals surface area contributed by atoms with Crippen molar-refractivity contribution in [2.75, 3.05) is 39.4 Å². The molecule has 0 unspecified atom stereocenters. The number of allylic oxidation sites excluding steroid dienone is 2. The van der Waals surface area contributed by atoms with Gasteiger partial charge in [0.1, 0.15) is 0 Å². The third-order valence-corrected chi connectivity index (χ3v) is 6.78. The molecule has 3 aliphatic rings. The summed E-state index contributed by atoms with van der Waals surface area (Å²) >= 11 is 0. The lowest BCUT2D eigenvalue weighted by Gasteiger charge is -2.28. The van der Waals surface area contributed by atoms with E-state index in [4.69, 9.17) is 9.72 Å². The van der Waals surface area contributed by atoms with E-state index >= 15 is 0 Å². The molecule has 1 aromatic heterocycles. The Labute approximate surface area is 202 Å². The van der Waals surface area contributed by atoms with Gasteiger partial charge in [-0.05, 0) is 54.7 Å². The molecule has 2 aliphatic heterocycles. The molecule has 1 aliphatic carbocycles. The maximum Gasteiger partial charge on any atom is 0.317 e. The lowest BCUT2D eigenvalue weighted by molar-refractivity contribution is 0.0342. The highest BCUT2D eigenvalue weighted by atomic mass is 16.5. The molecule has 5 rings (SSSR count). The standard InChI is InChI=1S/C28H34N4O2/c1-20(2)30-28(33)32-10-8-22(9-11-32)25-6-7-27-26(25)17-24(18-29-27)23-5-3-4-21(16-23)19-31-12-14-34-15-13-31/h3-6,8,16-18,20H,7,9-15,19H2,1-2H3,(H,30,33). The van der Waals surface area contributed by atoms with E-state index in [9.17, 15) is 4.79 Å². The fourth-order valence-corrected chi connectivity index (χ4v) is 4.96. The highest BCUT2D eigenvalue weighted by Crippen LogP contribution is 2.36. The summed E-state index contributed by atoms with van der Waals surface area (Å²) in [6.07, 6.45) is 8.26. The zero-order chi connectivity index (χ0) is 23.5. The van der Waals surface area contributed by atoms with E-state index in [1.54, 1.807) is 0 Å². The zero-order valence-corrected chi connectivity index (χ0v) is 20.2. The summed E-state index contributed by atoms with van der Waals surface area (Å²) in [7, 11) is 0. The second kappa shape index (κ2) is 10.1. The van der Waals surface area contributed by atoms with Gasteiger partial charge in [-0.15, -0.1) is 0 Å². The van der Waals surface area contributed by atoms with Gasteiger partial charge < -0.3 is 15.0 Å². The van der Waals surface area contributed by atoms with Crippen molar-refractivity contribution in [3.8, 4) is 11.1 Å². The van der Waals surface area contributed by atoms with Crippen molar-refractivity contribution < 1.29 is 9.53 Å². The van der Waals surface area contributed by atoms with Crippen LogP contribution in [-0.2, 0) is 17.7 Å². The average Bonchev–Trinajstić information content (AvgIpc) is 3.28. The molecule has 0 atom stereocenters. The summed E-state index contributed by atoms with van der Waals surface area (Å²) in [5.41, 5.74) is 8.69. The molecule has 0 radical (unpaired) electrons. The molecular formula is C28H34N4O2. The molecule has 2 amide bonds. The zero-order valence-electron chi connectivity index (χ0n) is 20.2. The van der Waals surface area contributed by atoms with Crippen molar-refractivity contribution in [1.29, 1.82) is 0 Å². The first-order valence-corrected chi connectivity index (χ1v) is 12.4. The van der Waals surface area contributed by atoms with Crippen LogP contribution in [0.2, 0.25) is 0 Å². The van der Waals surface area contributed by atoms with E-state index in [1.165, 1.54) is 27.8 Å². The normalized spacial score (nSPS) is 18.5. The molecule has 2 aromatic rings. The summed E-state index contributed by atoms with van der Waals surface area (Å²) < 4.78 is 5.48. The number of carbonyl (C=O) groups is 1. The second-order valence-electron chi connectivity index (χ2n) is 9.66. The first kappa shape index (κ1) is 22.8. The minimum Gasteiger partial charge on any atom is -0.379 e. The SMILES string of the molecule is CC(C)NC(=O)N1CC=C(C2=CCc3ncc(-c4cccc(CN5CCOCC5)c4)cc32)CC1. The molecule has 6 heteroatoms. The summed E-state index contributed by atoms with van der Waals surface area (Å²) in [4.78, 5) is 21.5. The molecular weight excluding hydrogens is 424 g/mol. The van der Waals surface area contributed by atoms with Gasteiger partial charge in [0.25, 0.3) is 0 Å². The van der Waals surface area contributed by atoms with Crippen molar-refractivity contribution in [2.45, 2.75) is 39.3 Å². The maximum absolute atomic E-state index is 12.3. The van der Waals surface area contributed by atoms with Crippen LogP contribution in [0.1, 0.15) is 37.1 Å². The number of hydrogen-bond acceptors (Lipinski definition) is 4. The van der Waals surface area contributed by atoms with E-state index in [2.05, 4.69) is 52.7 Å². The Morgan fingerprint density at radius 2 is 1.97 bits per heavy atom. The number of aromatic nitrogens is 1. The largest absolute Gasteiger partial charge is 0.379 e. The van der Waals surface area contributed by atoms with Gasteiger partial charge in [0, 0.05) is 62.5 Å². The van der Waals surface area contributed by atoms with Crippen LogP contribution in [0.25, 0.3) is 16.7 Å². The summed E-state index contributed by atoms with van der Waals surface area (Å²) in [5.74, 6) is 0. The van der Waals surface area contributed by atoms with Gasteiger partial charge in [-0.1, -0.05) is 30.4 Å². The quantitative estimate of drug-likeness (QED) is 0.727. The molecule has 0 spiro atoms. The van der Waals surface area contributed by atoms with Crippen LogP contribution in [-0.4, -0.2) is 66.2 Å². The predicted octanol–water partition coefficient (Wildman–Crippen LogP) is 4.27. The van der Waals surface area contributed by atoms with Gasteiger partial charge in [-0.3, -0.25) is 9.88 Å². The average molecular weight is 459 g/mol. The molecule has 34 heavy (non-hydrogen) atoms. The van der Waals surface area contributed by atoms with Crippen LogP contribution in [0.4, 0.5) is 4.79 Å². The third kappa shape index (κ3) is 5.08. The number of fused-ring (bicyclic) bond motifs is 1. The summed E-state index contributed by atoms with van der Waals surface area (Å²) in [6, 6.07) is 11.3. The molecule has 178 valence electrons. The fraction of sp³-hybridized carbons (Fsp3) is 0.429. The minimum atomic E-state index is 0.0204. The molecule has 1 N–H and O–H groups in total. The van der Waals surface area contributed by atoms with Crippen LogP contribution >= 0.6 is 0 Å². The Bertz CT molecular complexity index is 1120. The molecule has 0 saturated carbocycles. The van der Waals surface area contributed by atoms with E-state index in [0.29, 0.717) is 6.54 Å². The topological polar surface area (TPSA) is 57.7 Å². The van der Waals surface area contributed by atoms with Crippen molar-refractivity contribution in [3.63, 3.8) is 0 Å². The minimum absolute atomic E-state index is 0.0204. The highest BCUT2D eigenvalue weighted by molar-refractivity contribution is 5.86. The number of urea groups is 1. The first-order chi connectivity index (χ1) is 16.6. The Kier molecular flexibility index (Phi) is 6.79. The number of pyridine rings is 1. The number of ether oxygens (including phenoxy) is 1. The lowest BCUT2D eigenvalue weighted by Crippen LogP contribution is -2.44. The van der Waals surface area contributed by atoms with E-state index in [1.807, 2.05) is 24.9 Å². The van der Waals surface area contributed by atoms with Gasteiger partial charge in [-0.2, -0.15) is 0 Å². The molecule has 1 fully saturated rings. The summed E-state index contributed by atoms with van der Waals surface area (Å²) in [6.45, 7) is 9.95. The van der Waals surface area contributed by atoms with Crippen molar-refractivity contribution in [2.24, 2.45) is 0 Å². The van der Waals surface area contributed by atoms with Gasteiger partial charge >= 0.3 is 6.03 Å². The number of benzene rings is 1. The van der Waals surface area contributed by atoms with Crippen molar-refractivity contribution >= 4 is 11.6 Å². The molecule has 0 bridgehead atoms. The van der Waals surface area contributed by atoms with E-state index in [0.717, 1.165) is 63.5 Å². The van der Waals surface area contributed by atoms with Crippen LogP contribution in [0.15, 0.2) is 54.3 Å². The van der Waals surface area contributed by atoms with Crippen LogP contribution in [0.3, 0.4) is 0 Å². The Balaban J connectivity index is 1.32. The van der Waals surface area contributed by atoms with Gasteiger partial charge in [0.2, 0.25) is 0 Å². The number of hydrogen-bond donors (Lipinski definition) is 1. The van der Waals surface area contributed by atoms with Gasteiger partial charge in [0.15, 0.2) is 0 Å². The number of nitrogens with one attached hydrogen (secondary N) is 1. The Morgan fingerprint density at radius 3 is 2.74 bits per heavy atom. The monoisotopic (exact) mass is 458 g/mol. The third-order valence-electron chi connectivity index (χ3n) is 6.78. The number of amides is 2. The van der Waals surface area contributed by atoms with Crippen LogP contribution in [0, 0.1) is 0 Å². The van der Waals surface area contributed by atoms with E-state index < -0.39 is 0 Å². The van der Waals surface area contributed by atoms with E-state index in [-0.39, 0.29) is 12.1 Å². The molecule has 3 heterocycles. The second-order valence-corrected chi connectivity index (χ2v) is 9.66. The van der Waals surface area contributed by atoms with Crippen molar-refractivity contribution in [3.05, 3.63) is 71.1 Å². The maximum atomic E-state index is 12.3. The first-order valence-electron chi connectivity index (χ1n) is 12.4. The fourth-order valence-electron chi connectivity index (χ4n) is 4.96. The van der Waals surface area contributed by atoms with Crippen LogP contribution < -0.4 is 5.32 Å². The molecule has 1 aromatic carbocycles. The Morgan fingerprint density at radius 1 is 1.12 bits per heavy atom. The molecule has 1 saturated heterocycles. The number of carbonyl (C=O) groups excluding carboxylic acids is 1. The van der Waals surface area contributed by atoms with Gasteiger partial charge in [0.05, 0.1) is 18.9 Å². The van der Waals surface area contributed by atoms with Gasteiger partial charge in [-0.25, -0.2) is 4.79 Å². The lowest BCUT2D eigenvalue weighted by atomic mass is 9.94. The molecule has 6 nitrogen and oxygen atoms in total. The Hall–Kier alpha value is -2.96. The smallest absolute Gasteiger partial charge is 0.317 e. The predicted molar refractivity (Wildman–Crippen MR) is 135 cm³/mol. The number of rotatable bonds is 5. The van der Waals surface area contributed by atoms with Crippen molar-refractivity contribution in [1.82, 2.24) is 20.1 Å². The number of nitrogens with zero attached hydrogens (tertiary/aromatic N) is 3. The highest BCUT2D eigenvalue weighted by Gasteiger charge is 2.24. The van der Waals surface area contributed by atoms with Crippen LogP contribution in [0.5, 0.6) is 0 Å². The summed E-state index contributed by atoms with van der Waals surface area (Å²) in [5, 5.41) is 2.99.